The maximum Gasteiger partial charge on any atom is 0.239 e. The lowest BCUT2D eigenvalue weighted by molar-refractivity contribution is -0.116. The van der Waals surface area contributed by atoms with Crippen LogP contribution >= 0.6 is 23.1 Å². The van der Waals surface area contributed by atoms with Gasteiger partial charge in [-0.3, -0.25) is 9.59 Å². The lowest BCUT2D eigenvalue weighted by Gasteiger charge is -2.14. The Kier molecular flexibility index (Phi) is 8.08. The van der Waals surface area contributed by atoms with Crippen LogP contribution in [0.3, 0.4) is 0 Å². The number of carbonyl (C=O) groups is 2. The molecular weight excluding hydrogens is 430 g/mol. The molecule has 1 heterocycles. The predicted octanol–water partition coefficient (Wildman–Crippen LogP) is 5.68. The van der Waals surface area contributed by atoms with Crippen LogP contribution in [0.4, 0.5) is 10.8 Å². The highest BCUT2D eigenvalue weighted by atomic mass is 32.2. The second-order valence-electron chi connectivity index (χ2n) is 6.71. The predicted molar refractivity (Wildman–Crippen MR) is 128 cm³/mol. The van der Waals surface area contributed by atoms with Crippen molar-refractivity contribution in [1.82, 2.24) is 4.98 Å². The molecule has 0 saturated carbocycles. The first-order valence-electron chi connectivity index (χ1n) is 10.0. The van der Waals surface area contributed by atoms with Crippen molar-refractivity contribution in [2.45, 2.75) is 37.3 Å². The van der Waals surface area contributed by atoms with Crippen LogP contribution in [0.15, 0.2) is 58.8 Å². The van der Waals surface area contributed by atoms with E-state index in [0.717, 1.165) is 21.9 Å². The smallest absolute Gasteiger partial charge is 0.239 e. The van der Waals surface area contributed by atoms with E-state index in [9.17, 15) is 9.59 Å². The van der Waals surface area contributed by atoms with Crippen molar-refractivity contribution in [2.75, 3.05) is 17.2 Å². The van der Waals surface area contributed by atoms with E-state index in [0.29, 0.717) is 23.8 Å². The first-order valence-corrected chi connectivity index (χ1v) is 11.8. The minimum atomic E-state index is -0.273. The van der Waals surface area contributed by atoms with Crippen molar-refractivity contribution in [1.29, 1.82) is 0 Å². The second-order valence-corrected chi connectivity index (χ2v) is 8.84. The molecule has 0 spiro atoms. The Morgan fingerprint density at radius 3 is 2.58 bits per heavy atom. The summed E-state index contributed by atoms with van der Waals surface area (Å²) in [5.41, 5.74) is 2.50. The van der Waals surface area contributed by atoms with E-state index in [1.165, 1.54) is 30.0 Å². The Balaban J connectivity index is 1.64. The molecule has 162 valence electrons. The number of nitrogens with one attached hydrogen (secondary N) is 2. The Morgan fingerprint density at radius 2 is 1.90 bits per heavy atom. The summed E-state index contributed by atoms with van der Waals surface area (Å²) < 4.78 is 5.47. The first kappa shape index (κ1) is 22.8. The molecular formula is C23H25N3O3S2. The van der Waals surface area contributed by atoms with Crippen molar-refractivity contribution < 1.29 is 14.3 Å². The van der Waals surface area contributed by atoms with Crippen molar-refractivity contribution in [2.24, 2.45) is 0 Å². The third-order valence-electron chi connectivity index (χ3n) is 4.29. The van der Waals surface area contributed by atoms with Gasteiger partial charge in [-0.25, -0.2) is 4.98 Å². The molecule has 1 aromatic heterocycles. The van der Waals surface area contributed by atoms with Gasteiger partial charge in [-0.1, -0.05) is 13.0 Å². The Bertz CT molecular complexity index is 1030. The van der Waals surface area contributed by atoms with Gasteiger partial charge in [0.25, 0.3) is 0 Å². The van der Waals surface area contributed by atoms with E-state index in [1.807, 2.05) is 67.8 Å². The van der Waals surface area contributed by atoms with Gasteiger partial charge in [0.2, 0.25) is 11.8 Å². The van der Waals surface area contributed by atoms with E-state index < -0.39 is 0 Å². The molecule has 0 aliphatic carbocycles. The van der Waals surface area contributed by atoms with Crippen LogP contribution in [0.5, 0.6) is 5.75 Å². The molecule has 3 rings (SSSR count). The highest BCUT2D eigenvalue weighted by Gasteiger charge is 2.19. The molecule has 1 unspecified atom stereocenters. The summed E-state index contributed by atoms with van der Waals surface area (Å²) in [6.45, 7) is 6.02. The average molecular weight is 456 g/mol. The largest absolute Gasteiger partial charge is 0.494 e. The Hall–Kier alpha value is -2.84. The Morgan fingerprint density at radius 1 is 1.13 bits per heavy atom. The maximum atomic E-state index is 12.8. The lowest BCUT2D eigenvalue weighted by Crippen LogP contribution is -2.24. The number of benzene rings is 2. The van der Waals surface area contributed by atoms with Crippen LogP contribution in [0, 0.1) is 0 Å². The van der Waals surface area contributed by atoms with Crippen molar-refractivity contribution in [3.05, 3.63) is 53.9 Å². The summed E-state index contributed by atoms with van der Waals surface area (Å²) in [6, 6.07) is 15.2. The molecule has 6 nitrogen and oxygen atoms in total. The first-order chi connectivity index (χ1) is 15.0. The molecule has 0 fully saturated rings. The summed E-state index contributed by atoms with van der Waals surface area (Å²) in [7, 11) is 0. The maximum absolute atomic E-state index is 12.8. The zero-order chi connectivity index (χ0) is 22.2. The monoisotopic (exact) mass is 455 g/mol. The zero-order valence-electron chi connectivity index (χ0n) is 17.7. The highest BCUT2D eigenvalue weighted by Crippen LogP contribution is 2.30. The molecule has 0 saturated heterocycles. The number of rotatable bonds is 9. The van der Waals surface area contributed by atoms with Gasteiger partial charge in [0.1, 0.15) is 5.75 Å². The summed E-state index contributed by atoms with van der Waals surface area (Å²) in [5, 5.41) is 7.92. The van der Waals surface area contributed by atoms with Gasteiger partial charge < -0.3 is 15.4 Å². The molecule has 1 atom stereocenters. The van der Waals surface area contributed by atoms with E-state index in [-0.39, 0.29) is 17.1 Å². The number of hydrogen-bond acceptors (Lipinski definition) is 6. The SMILES string of the molecule is CCOc1ccc(-c2csc(NC(=O)C(CC)Sc3cccc(NC(C)=O)c3)n2)cc1. The fraction of sp³-hybridized carbons (Fsp3) is 0.261. The molecule has 0 bridgehead atoms. The molecule has 0 aliphatic rings. The summed E-state index contributed by atoms with van der Waals surface area (Å²) in [6.07, 6.45) is 0.665. The summed E-state index contributed by atoms with van der Waals surface area (Å²) in [5.74, 6) is 0.601. The molecule has 31 heavy (non-hydrogen) atoms. The van der Waals surface area contributed by atoms with Crippen LogP contribution < -0.4 is 15.4 Å². The topological polar surface area (TPSA) is 80.3 Å². The van der Waals surface area contributed by atoms with Gasteiger partial charge in [-0.15, -0.1) is 23.1 Å². The summed E-state index contributed by atoms with van der Waals surface area (Å²) in [4.78, 5) is 29.6. The molecule has 0 aliphatic heterocycles. The van der Waals surface area contributed by atoms with E-state index in [1.54, 1.807) is 0 Å². The van der Waals surface area contributed by atoms with Crippen molar-refractivity contribution in [3.8, 4) is 17.0 Å². The second kappa shape index (κ2) is 11.0. The van der Waals surface area contributed by atoms with Crippen molar-refractivity contribution in [3.63, 3.8) is 0 Å². The number of ether oxygens (including phenoxy) is 1. The lowest BCUT2D eigenvalue weighted by atomic mass is 10.2. The van der Waals surface area contributed by atoms with Crippen LogP contribution in [0.2, 0.25) is 0 Å². The van der Waals surface area contributed by atoms with Crippen LogP contribution in [-0.2, 0) is 9.59 Å². The van der Waals surface area contributed by atoms with Gasteiger partial charge in [-0.2, -0.15) is 0 Å². The minimum Gasteiger partial charge on any atom is -0.494 e. The van der Waals surface area contributed by atoms with Gasteiger partial charge in [0.05, 0.1) is 17.6 Å². The number of thiazole rings is 1. The van der Waals surface area contributed by atoms with E-state index >= 15 is 0 Å². The highest BCUT2D eigenvalue weighted by molar-refractivity contribution is 8.00. The van der Waals surface area contributed by atoms with E-state index in [4.69, 9.17) is 4.74 Å². The fourth-order valence-electron chi connectivity index (χ4n) is 2.88. The quantitative estimate of drug-likeness (QED) is 0.406. The van der Waals surface area contributed by atoms with Gasteiger partial charge >= 0.3 is 0 Å². The number of anilines is 2. The van der Waals surface area contributed by atoms with Crippen LogP contribution in [0.25, 0.3) is 11.3 Å². The number of hydrogen-bond donors (Lipinski definition) is 2. The number of aromatic nitrogens is 1. The molecule has 2 N–H and O–H groups in total. The van der Waals surface area contributed by atoms with Gasteiger partial charge in [0, 0.05) is 28.5 Å². The molecule has 2 aromatic carbocycles. The number of nitrogens with zero attached hydrogens (tertiary/aromatic N) is 1. The summed E-state index contributed by atoms with van der Waals surface area (Å²) >= 11 is 2.87. The molecule has 0 radical (unpaired) electrons. The normalized spacial score (nSPS) is 11.6. The number of amides is 2. The molecule has 2 amide bonds. The zero-order valence-corrected chi connectivity index (χ0v) is 19.3. The average Bonchev–Trinajstić information content (AvgIpc) is 3.21. The number of carbonyl (C=O) groups excluding carboxylic acids is 2. The van der Waals surface area contributed by atoms with Gasteiger partial charge in [0.15, 0.2) is 5.13 Å². The van der Waals surface area contributed by atoms with Gasteiger partial charge in [-0.05, 0) is 55.8 Å². The third-order valence-corrected chi connectivity index (χ3v) is 6.41. The third kappa shape index (κ3) is 6.57. The number of thioether (sulfide) groups is 1. The standard InChI is InChI=1S/C23H25N3O3S2/c1-4-21(31-19-8-6-7-17(13-19)24-15(3)27)22(28)26-23-25-20(14-30-23)16-9-11-18(12-10-16)29-5-2/h6-14,21H,4-5H2,1-3H3,(H,24,27)(H,25,26,28). The van der Waals surface area contributed by atoms with E-state index in [2.05, 4.69) is 15.6 Å². The molecule has 8 heteroatoms. The van der Waals surface area contributed by atoms with Crippen LogP contribution in [0.1, 0.15) is 27.2 Å². The minimum absolute atomic E-state index is 0.0926. The Labute approximate surface area is 190 Å². The fourth-order valence-corrected chi connectivity index (χ4v) is 4.61. The van der Waals surface area contributed by atoms with Crippen LogP contribution in [-0.4, -0.2) is 28.7 Å². The van der Waals surface area contributed by atoms with Crippen molar-refractivity contribution >= 4 is 45.7 Å². The molecule has 3 aromatic rings.